The number of rotatable bonds is 6. The van der Waals surface area contributed by atoms with E-state index in [1.165, 1.54) is 23.7 Å². The molecule has 2 aromatic rings. The first kappa shape index (κ1) is 14.6. The number of aromatic nitrogens is 3. The van der Waals surface area contributed by atoms with Crippen LogP contribution in [0.1, 0.15) is 30.5 Å². The van der Waals surface area contributed by atoms with E-state index >= 15 is 0 Å². The maximum absolute atomic E-state index is 12.0. The molecule has 6 heteroatoms. The summed E-state index contributed by atoms with van der Waals surface area (Å²) in [5.74, 6) is 0.330. The number of hydrogen-bond acceptors (Lipinski definition) is 4. The third-order valence-corrected chi connectivity index (χ3v) is 3.83. The Morgan fingerprint density at radius 1 is 1.40 bits per heavy atom. The van der Waals surface area contributed by atoms with E-state index in [-0.39, 0.29) is 11.9 Å². The number of carbonyl (C=O) groups is 1. The van der Waals surface area contributed by atoms with E-state index in [9.17, 15) is 4.79 Å². The van der Waals surface area contributed by atoms with Crippen LogP contribution in [0.15, 0.2) is 35.7 Å². The summed E-state index contributed by atoms with van der Waals surface area (Å²) in [6, 6.07) is 8.31. The molecule has 0 saturated carbocycles. The van der Waals surface area contributed by atoms with Crippen LogP contribution in [0.25, 0.3) is 0 Å². The van der Waals surface area contributed by atoms with Crippen LogP contribution >= 0.6 is 11.8 Å². The van der Waals surface area contributed by atoms with Crippen molar-refractivity contribution in [3.63, 3.8) is 0 Å². The molecule has 0 spiro atoms. The molecule has 0 bridgehead atoms. The van der Waals surface area contributed by atoms with Crippen molar-refractivity contribution in [2.24, 2.45) is 0 Å². The Kier molecular flexibility index (Phi) is 5.17. The SMILES string of the molecule is CC[C@H](NC(=O)CSc1ncn[nH]1)c1ccc(C)cc1. The lowest BCUT2D eigenvalue weighted by molar-refractivity contribution is -0.119. The van der Waals surface area contributed by atoms with Gasteiger partial charge in [0.2, 0.25) is 5.91 Å². The van der Waals surface area contributed by atoms with Crippen LogP contribution in [0, 0.1) is 6.92 Å². The van der Waals surface area contributed by atoms with Gasteiger partial charge in [0.05, 0.1) is 11.8 Å². The lowest BCUT2D eigenvalue weighted by Gasteiger charge is -2.17. The molecule has 0 unspecified atom stereocenters. The van der Waals surface area contributed by atoms with E-state index in [4.69, 9.17) is 0 Å². The second-order valence-corrected chi connectivity index (χ2v) is 5.48. The van der Waals surface area contributed by atoms with Crippen molar-refractivity contribution in [3.8, 4) is 0 Å². The van der Waals surface area contributed by atoms with E-state index in [0.717, 1.165) is 12.0 Å². The minimum absolute atomic E-state index is 0.00109. The molecule has 2 rings (SSSR count). The number of aryl methyl sites for hydroxylation is 1. The summed E-state index contributed by atoms with van der Waals surface area (Å²) < 4.78 is 0. The third-order valence-electron chi connectivity index (χ3n) is 2.96. The summed E-state index contributed by atoms with van der Waals surface area (Å²) >= 11 is 1.34. The van der Waals surface area contributed by atoms with Crippen LogP contribution in [-0.2, 0) is 4.79 Å². The largest absolute Gasteiger partial charge is 0.349 e. The Hall–Kier alpha value is -1.82. The first-order chi connectivity index (χ1) is 9.69. The van der Waals surface area contributed by atoms with E-state index < -0.39 is 0 Å². The third kappa shape index (κ3) is 4.09. The highest BCUT2D eigenvalue weighted by atomic mass is 32.2. The Morgan fingerprint density at radius 3 is 2.75 bits per heavy atom. The summed E-state index contributed by atoms with van der Waals surface area (Å²) in [5.41, 5.74) is 2.35. The molecule has 0 saturated heterocycles. The van der Waals surface area contributed by atoms with Crippen molar-refractivity contribution < 1.29 is 4.79 Å². The van der Waals surface area contributed by atoms with Gasteiger partial charge in [-0.2, -0.15) is 5.10 Å². The number of nitrogens with zero attached hydrogens (tertiary/aromatic N) is 2. The number of aromatic amines is 1. The molecule has 2 N–H and O–H groups in total. The number of benzene rings is 1. The zero-order chi connectivity index (χ0) is 14.4. The van der Waals surface area contributed by atoms with Crippen LogP contribution < -0.4 is 5.32 Å². The van der Waals surface area contributed by atoms with Crippen molar-refractivity contribution >= 4 is 17.7 Å². The Bertz CT molecular complexity index is 539. The summed E-state index contributed by atoms with van der Waals surface area (Å²) in [5, 5.41) is 10.2. The topological polar surface area (TPSA) is 70.7 Å². The minimum Gasteiger partial charge on any atom is -0.349 e. The number of thioether (sulfide) groups is 1. The van der Waals surface area contributed by atoms with Gasteiger partial charge in [-0.3, -0.25) is 9.89 Å². The lowest BCUT2D eigenvalue weighted by Crippen LogP contribution is -2.29. The Balaban J connectivity index is 1.89. The van der Waals surface area contributed by atoms with Crippen molar-refractivity contribution in [2.75, 3.05) is 5.75 Å². The summed E-state index contributed by atoms with van der Waals surface area (Å²) in [6.07, 6.45) is 2.29. The summed E-state index contributed by atoms with van der Waals surface area (Å²) in [7, 11) is 0. The maximum Gasteiger partial charge on any atom is 0.230 e. The molecule has 0 aliphatic rings. The van der Waals surface area contributed by atoms with Crippen LogP contribution in [0.4, 0.5) is 0 Å². The smallest absolute Gasteiger partial charge is 0.230 e. The highest BCUT2D eigenvalue weighted by Gasteiger charge is 2.13. The molecular formula is C14H18N4OS. The first-order valence-electron chi connectivity index (χ1n) is 6.53. The fourth-order valence-corrected chi connectivity index (χ4v) is 2.44. The molecule has 0 radical (unpaired) electrons. The molecule has 1 atom stereocenters. The average molecular weight is 290 g/mol. The van der Waals surface area contributed by atoms with Gasteiger partial charge in [0, 0.05) is 0 Å². The van der Waals surface area contributed by atoms with E-state index in [1.807, 2.05) is 0 Å². The minimum atomic E-state index is -0.00109. The van der Waals surface area contributed by atoms with Crippen molar-refractivity contribution in [1.29, 1.82) is 0 Å². The van der Waals surface area contributed by atoms with Gasteiger partial charge in [0.1, 0.15) is 6.33 Å². The van der Waals surface area contributed by atoms with Gasteiger partial charge in [0.15, 0.2) is 5.16 Å². The van der Waals surface area contributed by atoms with Crippen LogP contribution in [0.3, 0.4) is 0 Å². The Morgan fingerprint density at radius 2 is 2.15 bits per heavy atom. The molecule has 5 nitrogen and oxygen atoms in total. The predicted octanol–water partition coefficient (Wildman–Crippen LogP) is 2.47. The number of amides is 1. The van der Waals surface area contributed by atoms with Gasteiger partial charge >= 0.3 is 0 Å². The van der Waals surface area contributed by atoms with Gasteiger partial charge < -0.3 is 5.32 Å². The highest BCUT2D eigenvalue weighted by molar-refractivity contribution is 7.99. The molecule has 106 valence electrons. The first-order valence-corrected chi connectivity index (χ1v) is 7.51. The molecule has 1 amide bonds. The number of H-pyrrole nitrogens is 1. The molecule has 1 aromatic heterocycles. The highest BCUT2D eigenvalue weighted by Crippen LogP contribution is 2.18. The number of nitrogens with one attached hydrogen (secondary N) is 2. The second kappa shape index (κ2) is 7.09. The van der Waals surface area contributed by atoms with E-state index in [1.54, 1.807) is 0 Å². The summed E-state index contributed by atoms with van der Waals surface area (Å²) in [4.78, 5) is 15.9. The predicted molar refractivity (Wildman–Crippen MR) is 79.5 cm³/mol. The molecule has 1 aromatic carbocycles. The van der Waals surface area contributed by atoms with Gasteiger partial charge in [-0.05, 0) is 18.9 Å². The Labute approximate surface area is 122 Å². The summed E-state index contributed by atoms with van der Waals surface area (Å²) in [6.45, 7) is 4.12. The van der Waals surface area contributed by atoms with E-state index in [2.05, 4.69) is 58.6 Å². The molecule has 1 heterocycles. The lowest BCUT2D eigenvalue weighted by atomic mass is 10.0. The quantitative estimate of drug-likeness (QED) is 0.802. The van der Waals surface area contributed by atoms with Crippen molar-refractivity contribution in [1.82, 2.24) is 20.5 Å². The fourth-order valence-electron chi connectivity index (χ4n) is 1.85. The molecule has 0 aliphatic heterocycles. The molecule has 0 fully saturated rings. The van der Waals surface area contributed by atoms with Gasteiger partial charge in [-0.1, -0.05) is 48.5 Å². The molecule has 20 heavy (non-hydrogen) atoms. The normalized spacial score (nSPS) is 12.1. The van der Waals surface area contributed by atoms with Crippen LogP contribution in [-0.4, -0.2) is 26.8 Å². The van der Waals surface area contributed by atoms with Crippen LogP contribution in [0.2, 0.25) is 0 Å². The van der Waals surface area contributed by atoms with Gasteiger partial charge in [-0.25, -0.2) is 4.98 Å². The van der Waals surface area contributed by atoms with Gasteiger partial charge in [0.25, 0.3) is 0 Å². The standard InChI is InChI=1S/C14H18N4OS/c1-3-12(11-6-4-10(2)5-7-11)17-13(19)8-20-14-15-9-16-18-14/h4-7,9,12H,3,8H2,1-2H3,(H,17,19)(H,15,16,18)/t12-/m0/s1. The zero-order valence-electron chi connectivity index (χ0n) is 11.6. The maximum atomic E-state index is 12.0. The van der Waals surface area contributed by atoms with Crippen LogP contribution in [0.5, 0.6) is 0 Å². The van der Waals surface area contributed by atoms with Gasteiger partial charge in [-0.15, -0.1) is 0 Å². The number of hydrogen-bond donors (Lipinski definition) is 2. The second-order valence-electron chi connectivity index (χ2n) is 4.52. The monoisotopic (exact) mass is 290 g/mol. The van der Waals surface area contributed by atoms with Crippen molar-refractivity contribution in [3.05, 3.63) is 41.7 Å². The fraction of sp³-hybridized carbons (Fsp3) is 0.357. The van der Waals surface area contributed by atoms with E-state index in [0.29, 0.717) is 10.9 Å². The van der Waals surface area contributed by atoms with Crippen molar-refractivity contribution in [2.45, 2.75) is 31.5 Å². The average Bonchev–Trinajstić information content (AvgIpc) is 2.97. The zero-order valence-corrected chi connectivity index (χ0v) is 12.4. The number of carbonyl (C=O) groups excluding carboxylic acids is 1. The molecular weight excluding hydrogens is 272 g/mol. The molecule has 0 aliphatic carbocycles.